The third-order valence-electron chi connectivity index (χ3n) is 6.18. The van der Waals surface area contributed by atoms with Crippen molar-refractivity contribution in [3.8, 4) is 23.0 Å². The highest BCUT2D eigenvalue weighted by atomic mass is 32.1. The SMILES string of the molecule is Cc1ccccc1-c1nc2c3c(ncn2n1)Oc1c(c(=O)oc2ccccc12)C3c1cccs1. The Balaban J connectivity index is 1.55. The van der Waals surface area contributed by atoms with Crippen LogP contribution in [-0.4, -0.2) is 19.6 Å². The molecule has 164 valence electrons. The molecular formula is C26H16N4O3S. The summed E-state index contributed by atoms with van der Waals surface area (Å²) in [4.78, 5) is 23.7. The van der Waals surface area contributed by atoms with Gasteiger partial charge in [-0.3, -0.25) is 0 Å². The van der Waals surface area contributed by atoms with Crippen LogP contribution < -0.4 is 10.4 Å². The van der Waals surface area contributed by atoms with Crippen molar-refractivity contribution in [2.45, 2.75) is 12.8 Å². The Morgan fingerprint density at radius 2 is 1.85 bits per heavy atom. The molecule has 0 N–H and O–H groups in total. The van der Waals surface area contributed by atoms with E-state index in [0.717, 1.165) is 21.4 Å². The second-order valence-corrected chi connectivity index (χ2v) is 9.14. The molecule has 34 heavy (non-hydrogen) atoms. The Bertz CT molecular complexity index is 1790. The fraction of sp³-hybridized carbons (Fsp3) is 0.0769. The van der Waals surface area contributed by atoms with Crippen molar-refractivity contribution in [1.29, 1.82) is 0 Å². The summed E-state index contributed by atoms with van der Waals surface area (Å²) in [7, 11) is 0. The number of aromatic nitrogens is 4. The van der Waals surface area contributed by atoms with Gasteiger partial charge in [-0.2, -0.15) is 0 Å². The van der Waals surface area contributed by atoms with Crippen molar-refractivity contribution >= 4 is 28.0 Å². The average molecular weight is 465 g/mol. The number of benzene rings is 2. The molecule has 1 atom stereocenters. The standard InChI is InChI=1S/C26H16N4O3S/c1-14-7-2-3-8-15(14)23-28-24-21-19(18-11-6-12-34-18)20-22(33-25(21)27-13-30(24)29-23)16-9-4-5-10-17(16)32-26(20)31/h2-13,19H,1H3. The minimum Gasteiger partial charge on any atom is -0.437 e. The van der Waals surface area contributed by atoms with E-state index >= 15 is 0 Å². The van der Waals surface area contributed by atoms with Crippen LogP contribution in [0.4, 0.5) is 0 Å². The van der Waals surface area contributed by atoms with Crippen LogP contribution >= 0.6 is 11.3 Å². The lowest BCUT2D eigenvalue weighted by Gasteiger charge is -2.26. The molecule has 1 aliphatic rings. The summed E-state index contributed by atoms with van der Waals surface area (Å²) >= 11 is 1.56. The molecule has 0 amide bonds. The summed E-state index contributed by atoms with van der Waals surface area (Å²) in [6.07, 6.45) is 1.60. The minimum atomic E-state index is -0.440. The van der Waals surface area contributed by atoms with Crippen LogP contribution in [0, 0.1) is 6.92 Å². The number of hydrogen-bond donors (Lipinski definition) is 0. The first-order valence-electron chi connectivity index (χ1n) is 10.8. The van der Waals surface area contributed by atoms with E-state index in [4.69, 9.17) is 14.1 Å². The summed E-state index contributed by atoms with van der Waals surface area (Å²) in [5.74, 6) is 1.05. The van der Waals surface area contributed by atoms with E-state index in [1.807, 2.05) is 66.9 Å². The van der Waals surface area contributed by atoms with Crippen molar-refractivity contribution in [1.82, 2.24) is 19.6 Å². The summed E-state index contributed by atoms with van der Waals surface area (Å²) in [5.41, 5.74) is 3.80. The molecule has 2 aromatic carbocycles. The Labute approximate surface area is 196 Å². The van der Waals surface area contributed by atoms with Gasteiger partial charge in [0.05, 0.1) is 22.4 Å². The quantitative estimate of drug-likeness (QED) is 0.312. The largest absolute Gasteiger partial charge is 0.437 e. The van der Waals surface area contributed by atoms with E-state index in [2.05, 4.69) is 10.1 Å². The van der Waals surface area contributed by atoms with E-state index in [9.17, 15) is 4.79 Å². The number of aryl methyl sites for hydroxylation is 1. The molecule has 0 fully saturated rings. The van der Waals surface area contributed by atoms with Gasteiger partial charge >= 0.3 is 5.63 Å². The first kappa shape index (κ1) is 19.2. The predicted octanol–water partition coefficient (Wildman–Crippen LogP) is 5.55. The lowest BCUT2D eigenvalue weighted by atomic mass is 9.88. The number of rotatable bonds is 2. The monoisotopic (exact) mass is 464 g/mol. The van der Waals surface area contributed by atoms with Crippen LogP contribution in [0.2, 0.25) is 0 Å². The molecule has 6 aromatic rings. The number of para-hydroxylation sites is 1. The van der Waals surface area contributed by atoms with Crippen LogP contribution in [-0.2, 0) is 0 Å². The minimum absolute atomic E-state index is 0.415. The summed E-state index contributed by atoms with van der Waals surface area (Å²) in [5, 5.41) is 7.40. The zero-order chi connectivity index (χ0) is 22.8. The van der Waals surface area contributed by atoms with E-state index in [1.165, 1.54) is 0 Å². The van der Waals surface area contributed by atoms with Gasteiger partial charge in [-0.1, -0.05) is 42.5 Å². The van der Waals surface area contributed by atoms with Gasteiger partial charge in [0.2, 0.25) is 5.88 Å². The van der Waals surface area contributed by atoms with Gasteiger partial charge in [-0.25, -0.2) is 19.3 Å². The van der Waals surface area contributed by atoms with Gasteiger partial charge in [0, 0.05) is 10.4 Å². The van der Waals surface area contributed by atoms with E-state index in [-0.39, 0.29) is 0 Å². The smallest absolute Gasteiger partial charge is 0.344 e. The highest BCUT2D eigenvalue weighted by Gasteiger charge is 2.38. The maximum absolute atomic E-state index is 13.3. The van der Waals surface area contributed by atoms with Crippen molar-refractivity contribution in [3.63, 3.8) is 0 Å². The molecule has 7 nitrogen and oxygen atoms in total. The molecule has 8 heteroatoms. The Kier molecular flexibility index (Phi) is 4.01. The molecule has 0 aliphatic carbocycles. The van der Waals surface area contributed by atoms with Crippen LogP contribution in [0.1, 0.15) is 27.5 Å². The van der Waals surface area contributed by atoms with Gasteiger partial charge in [-0.15, -0.1) is 16.4 Å². The zero-order valence-electron chi connectivity index (χ0n) is 17.9. The van der Waals surface area contributed by atoms with Crippen molar-refractivity contribution < 1.29 is 9.15 Å². The molecule has 7 rings (SSSR count). The number of fused-ring (bicyclic) bond motifs is 6. The second-order valence-electron chi connectivity index (χ2n) is 8.16. The first-order chi connectivity index (χ1) is 16.7. The first-order valence-corrected chi connectivity index (χ1v) is 11.7. The van der Waals surface area contributed by atoms with Gasteiger partial charge in [0.25, 0.3) is 0 Å². The molecule has 5 heterocycles. The Morgan fingerprint density at radius 1 is 1.00 bits per heavy atom. The fourth-order valence-corrected chi connectivity index (χ4v) is 5.45. The van der Waals surface area contributed by atoms with Crippen molar-refractivity contribution in [3.05, 3.63) is 104 Å². The highest BCUT2D eigenvalue weighted by Crippen LogP contribution is 2.49. The predicted molar refractivity (Wildman–Crippen MR) is 129 cm³/mol. The highest BCUT2D eigenvalue weighted by molar-refractivity contribution is 7.10. The van der Waals surface area contributed by atoms with Gasteiger partial charge in [-0.05, 0) is 36.1 Å². The lowest BCUT2D eigenvalue weighted by Crippen LogP contribution is -2.21. The number of thiophene rings is 1. The number of nitrogens with zero attached hydrogens (tertiary/aromatic N) is 4. The van der Waals surface area contributed by atoms with E-state index in [0.29, 0.717) is 39.8 Å². The second kappa shape index (κ2) is 7.10. The van der Waals surface area contributed by atoms with Gasteiger partial charge < -0.3 is 9.15 Å². The molecule has 0 bridgehead atoms. The molecule has 0 spiro atoms. The van der Waals surface area contributed by atoms with E-state index in [1.54, 1.807) is 28.2 Å². The summed E-state index contributed by atoms with van der Waals surface area (Å²) in [6, 6.07) is 19.3. The van der Waals surface area contributed by atoms with Crippen LogP contribution in [0.3, 0.4) is 0 Å². The van der Waals surface area contributed by atoms with Crippen LogP contribution in [0.25, 0.3) is 28.0 Å². The Hall–Kier alpha value is -4.30. The molecule has 0 saturated carbocycles. The fourth-order valence-electron chi connectivity index (χ4n) is 4.61. The topological polar surface area (TPSA) is 82.5 Å². The Morgan fingerprint density at radius 3 is 2.71 bits per heavy atom. The number of ether oxygens (including phenoxy) is 1. The summed E-state index contributed by atoms with van der Waals surface area (Å²) < 4.78 is 13.7. The molecular weight excluding hydrogens is 448 g/mol. The third-order valence-corrected chi connectivity index (χ3v) is 7.11. The molecule has 4 aromatic heterocycles. The molecule has 0 radical (unpaired) electrons. The van der Waals surface area contributed by atoms with Crippen LogP contribution in [0.15, 0.2) is 81.6 Å². The normalized spacial score (nSPS) is 14.7. The molecule has 0 saturated heterocycles. The van der Waals surface area contributed by atoms with Crippen molar-refractivity contribution in [2.75, 3.05) is 0 Å². The molecule has 1 aliphatic heterocycles. The maximum Gasteiger partial charge on any atom is 0.344 e. The summed E-state index contributed by atoms with van der Waals surface area (Å²) in [6.45, 7) is 2.03. The zero-order valence-corrected chi connectivity index (χ0v) is 18.7. The number of hydrogen-bond acceptors (Lipinski definition) is 7. The van der Waals surface area contributed by atoms with E-state index < -0.39 is 11.5 Å². The third kappa shape index (κ3) is 2.69. The van der Waals surface area contributed by atoms with Crippen molar-refractivity contribution in [2.24, 2.45) is 0 Å². The average Bonchev–Trinajstić information content (AvgIpc) is 3.53. The molecule has 1 unspecified atom stereocenters. The maximum atomic E-state index is 13.3. The van der Waals surface area contributed by atoms with Gasteiger partial charge in [0.1, 0.15) is 11.9 Å². The van der Waals surface area contributed by atoms with Crippen LogP contribution in [0.5, 0.6) is 11.6 Å². The lowest BCUT2D eigenvalue weighted by molar-refractivity contribution is 0.423. The van der Waals surface area contributed by atoms with Gasteiger partial charge in [0.15, 0.2) is 17.2 Å².